The number of methoxy groups -OCH3 is 2. The Hall–Kier alpha value is -2.25. The fourth-order valence-electron chi connectivity index (χ4n) is 4.09. The van der Waals surface area contributed by atoms with Crippen molar-refractivity contribution in [1.29, 1.82) is 0 Å². The van der Waals surface area contributed by atoms with E-state index < -0.39 is 10.0 Å². The van der Waals surface area contributed by atoms with E-state index in [2.05, 4.69) is 0 Å². The second-order valence-corrected chi connectivity index (χ2v) is 12.6. The molecule has 1 aromatic carbocycles. The van der Waals surface area contributed by atoms with Gasteiger partial charge >= 0.3 is 0 Å². The zero-order chi connectivity index (χ0) is 25.2. The van der Waals surface area contributed by atoms with Crippen LogP contribution >= 0.6 is 22.7 Å². The van der Waals surface area contributed by atoms with Gasteiger partial charge in [-0.05, 0) is 50.5 Å². The molecule has 3 heterocycles. The molecule has 2 aromatic heterocycles. The number of hydrogen-bond donors (Lipinski definition) is 0. The molecule has 0 aliphatic carbocycles. The Morgan fingerprint density at radius 2 is 1.80 bits per heavy atom. The first-order chi connectivity index (χ1) is 16.8. The Morgan fingerprint density at radius 1 is 1.11 bits per heavy atom. The van der Waals surface area contributed by atoms with E-state index in [1.807, 2.05) is 25.1 Å². The Bertz CT molecular complexity index is 1220. The van der Waals surface area contributed by atoms with Crippen LogP contribution in [0.2, 0.25) is 0 Å². The van der Waals surface area contributed by atoms with Crippen LogP contribution in [-0.4, -0.2) is 83.0 Å². The molecule has 1 fully saturated rings. The number of carbonyl (C=O) groups excluding carboxylic acids is 1. The van der Waals surface area contributed by atoms with Crippen molar-refractivity contribution in [1.82, 2.24) is 14.2 Å². The molecular formula is C23H30N4O5S3. The zero-order valence-corrected chi connectivity index (χ0v) is 22.7. The molecule has 9 nitrogen and oxygen atoms in total. The molecule has 3 aromatic rings. The highest BCUT2D eigenvalue weighted by Gasteiger charge is 2.35. The molecule has 1 aliphatic rings. The fourth-order valence-corrected chi connectivity index (χ4v) is 7.81. The summed E-state index contributed by atoms with van der Waals surface area (Å²) in [5, 5.41) is 2.34. The molecule has 1 aliphatic heterocycles. The minimum Gasteiger partial charge on any atom is -0.495 e. The van der Waals surface area contributed by atoms with E-state index in [4.69, 9.17) is 14.5 Å². The Kier molecular flexibility index (Phi) is 7.96. The lowest BCUT2D eigenvalue weighted by Crippen LogP contribution is -2.45. The van der Waals surface area contributed by atoms with Crippen LogP contribution in [-0.2, 0) is 14.8 Å². The van der Waals surface area contributed by atoms with Gasteiger partial charge in [-0.1, -0.05) is 17.4 Å². The van der Waals surface area contributed by atoms with Crippen LogP contribution in [0.4, 0.5) is 5.13 Å². The van der Waals surface area contributed by atoms with Crippen molar-refractivity contribution >= 4 is 54.0 Å². The molecule has 1 saturated heterocycles. The molecule has 0 N–H and O–H groups in total. The van der Waals surface area contributed by atoms with Crippen LogP contribution in [0, 0.1) is 5.92 Å². The van der Waals surface area contributed by atoms with Crippen molar-refractivity contribution in [3.05, 3.63) is 29.6 Å². The number of piperidine rings is 1. The number of carbonyl (C=O) groups is 1. The largest absolute Gasteiger partial charge is 0.495 e. The maximum absolute atomic E-state index is 13.7. The van der Waals surface area contributed by atoms with Crippen LogP contribution in [0.5, 0.6) is 11.5 Å². The van der Waals surface area contributed by atoms with Crippen LogP contribution in [0.15, 0.2) is 33.9 Å². The van der Waals surface area contributed by atoms with E-state index in [9.17, 15) is 13.2 Å². The van der Waals surface area contributed by atoms with Gasteiger partial charge in [-0.3, -0.25) is 9.69 Å². The van der Waals surface area contributed by atoms with E-state index in [-0.39, 0.29) is 11.8 Å². The summed E-state index contributed by atoms with van der Waals surface area (Å²) in [6.07, 6.45) is 0.943. The number of amides is 1. The van der Waals surface area contributed by atoms with E-state index in [1.54, 1.807) is 42.7 Å². The SMILES string of the molecule is COc1ccc(OC)c2sc(N(CCN(C)C)C(=O)C3CCN(S(=O)(=O)c4cccs4)CC3)nc12. The van der Waals surface area contributed by atoms with Gasteiger partial charge in [0.05, 0.1) is 14.2 Å². The van der Waals surface area contributed by atoms with Gasteiger partial charge in [0, 0.05) is 32.1 Å². The average molecular weight is 539 g/mol. The summed E-state index contributed by atoms with van der Waals surface area (Å²) in [6, 6.07) is 6.99. The van der Waals surface area contributed by atoms with Crippen molar-refractivity contribution in [3.63, 3.8) is 0 Å². The maximum atomic E-state index is 13.7. The van der Waals surface area contributed by atoms with Gasteiger partial charge in [0.25, 0.3) is 10.0 Å². The van der Waals surface area contributed by atoms with Crippen molar-refractivity contribution in [2.45, 2.75) is 17.1 Å². The second-order valence-electron chi connectivity index (χ2n) is 8.55. The van der Waals surface area contributed by atoms with Gasteiger partial charge < -0.3 is 14.4 Å². The molecule has 0 radical (unpaired) electrons. The first-order valence-electron chi connectivity index (χ1n) is 11.3. The molecule has 190 valence electrons. The lowest BCUT2D eigenvalue weighted by molar-refractivity contribution is -0.123. The molecule has 0 unspecified atom stereocenters. The lowest BCUT2D eigenvalue weighted by Gasteiger charge is -2.33. The zero-order valence-electron chi connectivity index (χ0n) is 20.3. The number of nitrogens with zero attached hydrogens (tertiary/aromatic N) is 4. The number of fused-ring (bicyclic) bond motifs is 1. The molecule has 0 saturated carbocycles. The average Bonchev–Trinajstić information content (AvgIpc) is 3.54. The monoisotopic (exact) mass is 538 g/mol. The Labute approximate surface area is 213 Å². The summed E-state index contributed by atoms with van der Waals surface area (Å²) in [5.41, 5.74) is 0.659. The summed E-state index contributed by atoms with van der Waals surface area (Å²) in [6.45, 7) is 1.78. The van der Waals surface area contributed by atoms with Gasteiger partial charge in [-0.15, -0.1) is 11.3 Å². The first-order valence-corrected chi connectivity index (χ1v) is 14.4. The molecule has 4 rings (SSSR count). The minimum atomic E-state index is -3.51. The second kappa shape index (κ2) is 10.8. The van der Waals surface area contributed by atoms with Gasteiger partial charge in [-0.2, -0.15) is 4.31 Å². The van der Waals surface area contributed by atoms with Crippen molar-refractivity contribution in [3.8, 4) is 11.5 Å². The third-order valence-corrected chi connectivity index (χ3v) is 10.4. The van der Waals surface area contributed by atoms with Crippen molar-refractivity contribution in [2.24, 2.45) is 5.92 Å². The number of sulfonamides is 1. The third kappa shape index (κ3) is 5.31. The highest BCUT2D eigenvalue weighted by molar-refractivity contribution is 7.91. The standard InChI is InChI=1S/C23H30N4O5S3/c1-25(2)13-14-27(23-24-20-17(31-3)7-8-18(32-4)21(20)34-23)22(28)16-9-11-26(12-10-16)35(29,30)19-6-5-15-33-19/h5-8,15-16H,9-14H2,1-4H3. The summed E-state index contributed by atoms with van der Waals surface area (Å²) >= 11 is 2.61. The lowest BCUT2D eigenvalue weighted by atomic mass is 9.96. The number of thiophene rings is 1. The molecular weight excluding hydrogens is 508 g/mol. The first kappa shape index (κ1) is 25.8. The highest BCUT2D eigenvalue weighted by atomic mass is 32.2. The van der Waals surface area contributed by atoms with Gasteiger partial charge in [0.15, 0.2) is 5.13 Å². The van der Waals surface area contributed by atoms with Gasteiger partial charge in [0.2, 0.25) is 5.91 Å². The third-order valence-electron chi connectivity index (χ3n) is 6.06. The van der Waals surface area contributed by atoms with E-state index in [0.717, 1.165) is 4.70 Å². The summed E-state index contributed by atoms with van der Waals surface area (Å²) in [5.74, 6) is 0.992. The predicted molar refractivity (Wildman–Crippen MR) is 139 cm³/mol. The summed E-state index contributed by atoms with van der Waals surface area (Å²) < 4.78 is 39.4. The van der Waals surface area contributed by atoms with E-state index in [0.29, 0.717) is 65.4 Å². The number of likely N-dealkylation sites (N-methyl/N-ethyl adjacent to an activating group) is 1. The Balaban J connectivity index is 1.58. The number of benzene rings is 1. The van der Waals surface area contributed by atoms with E-state index in [1.165, 1.54) is 27.0 Å². The normalized spacial score (nSPS) is 15.6. The minimum absolute atomic E-state index is 0.0305. The number of thiazole rings is 1. The highest BCUT2D eigenvalue weighted by Crippen LogP contribution is 2.40. The fraction of sp³-hybridized carbons (Fsp3) is 0.478. The van der Waals surface area contributed by atoms with Gasteiger partial charge in [-0.25, -0.2) is 13.4 Å². The number of aromatic nitrogens is 1. The van der Waals surface area contributed by atoms with Crippen LogP contribution in [0.25, 0.3) is 10.2 Å². The molecule has 12 heteroatoms. The number of rotatable bonds is 9. The van der Waals surface area contributed by atoms with Gasteiger partial charge in [0.1, 0.15) is 25.9 Å². The van der Waals surface area contributed by atoms with Crippen LogP contribution in [0.1, 0.15) is 12.8 Å². The summed E-state index contributed by atoms with van der Waals surface area (Å²) in [4.78, 5) is 22.2. The van der Waals surface area contributed by atoms with E-state index >= 15 is 0 Å². The molecule has 35 heavy (non-hydrogen) atoms. The summed E-state index contributed by atoms with van der Waals surface area (Å²) in [7, 11) is 3.60. The molecule has 0 bridgehead atoms. The maximum Gasteiger partial charge on any atom is 0.252 e. The molecule has 0 spiro atoms. The topological polar surface area (TPSA) is 92.3 Å². The number of hydrogen-bond acceptors (Lipinski definition) is 9. The smallest absolute Gasteiger partial charge is 0.252 e. The Morgan fingerprint density at radius 3 is 2.40 bits per heavy atom. The molecule has 1 amide bonds. The molecule has 0 atom stereocenters. The van der Waals surface area contributed by atoms with Crippen molar-refractivity contribution in [2.75, 3.05) is 59.4 Å². The van der Waals surface area contributed by atoms with Crippen molar-refractivity contribution < 1.29 is 22.7 Å². The quantitative estimate of drug-likeness (QED) is 0.412. The van der Waals surface area contributed by atoms with Crippen LogP contribution < -0.4 is 14.4 Å². The van der Waals surface area contributed by atoms with Crippen LogP contribution in [0.3, 0.4) is 0 Å². The number of anilines is 1. The predicted octanol–water partition coefficient (Wildman–Crippen LogP) is 3.37. The number of ether oxygens (including phenoxy) is 2.